The molecule has 0 aromatic rings. The van der Waals surface area contributed by atoms with Crippen molar-refractivity contribution in [1.29, 1.82) is 0 Å². The average molecular weight is 190 g/mol. The second kappa shape index (κ2) is 2.62. The zero-order valence-electron chi connectivity index (χ0n) is 9.03. The number of hydrazone groups is 1. The molecule has 76 valence electrons. The van der Waals surface area contributed by atoms with Crippen LogP contribution in [0.15, 0.2) is 16.9 Å². The van der Waals surface area contributed by atoms with Gasteiger partial charge in [-0.05, 0) is 25.7 Å². The molecule has 0 N–H and O–H groups in total. The molecule has 2 nitrogen and oxygen atoms in total. The standard InChI is InChI=1S/C12H18N2/c1-12(2)7-11-9-3-5-10(6-4-9)14(11)13-8-12/h7-10H,3-6H2,1-2H3. The van der Waals surface area contributed by atoms with Gasteiger partial charge in [-0.1, -0.05) is 19.9 Å². The van der Waals surface area contributed by atoms with E-state index >= 15 is 0 Å². The van der Waals surface area contributed by atoms with Gasteiger partial charge >= 0.3 is 0 Å². The molecule has 1 saturated carbocycles. The third-order valence-electron chi connectivity index (χ3n) is 3.76. The first kappa shape index (κ1) is 8.51. The highest BCUT2D eigenvalue weighted by atomic mass is 15.5. The molecule has 0 radical (unpaired) electrons. The summed E-state index contributed by atoms with van der Waals surface area (Å²) in [6, 6.07) is 0.707. The fourth-order valence-corrected chi connectivity index (χ4v) is 2.99. The largest absolute Gasteiger partial charge is 0.267 e. The van der Waals surface area contributed by atoms with Gasteiger partial charge < -0.3 is 0 Å². The molecule has 4 aliphatic rings. The molecule has 2 bridgehead atoms. The molecule has 14 heavy (non-hydrogen) atoms. The van der Waals surface area contributed by atoms with Crippen molar-refractivity contribution in [3.05, 3.63) is 11.8 Å². The van der Waals surface area contributed by atoms with Crippen LogP contribution < -0.4 is 0 Å². The van der Waals surface area contributed by atoms with Crippen LogP contribution in [-0.4, -0.2) is 17.3 Å². The van der Waals surface area contributed by atoms with E-state index in [-0.39, 0.29) is 5.41 Å². The molecule has 0 atom stereocenters. The van der Waals surface area contributed by atoms with Crippen LogP contribution in [-0.2, 0) is 0 Å². The van der Waals surface area contributed by atoms with E-state index in [1.54, 1.807) is 0 Å². The Balaban J connectivity index is 1.99. The fourth-order valence-electron chi connectivity index (χ4n) is 2.99. The first-order valence-corrected chi connectivity index (χ1v) is 5.73. The Labute approximate surface area is 85.7 Å². The highest BCUT2D eigenvalue weighted by Crippen LogP contribution is 2.44. The van der Waals surface area contributed by atoms with Crippen molar-refractivity contribution in [2.45, 2.75) is 45.6 Å². The molecule has 0 aromatic heterocycles. The van der Waals surface area contributed by atoms with Gasteiger partial charge in [0, 0.05) is 23.2 Å². The summed E-state index contributed by atoms with van der Waals surface area (Å²) in [5.41, 5.74) is 1.68. The molecule has 2 saturated heterocycles. The van der Waals surface area contributed by atoms with E-state index in [0.717, 1.165) is 5.92 Å². The first-order chi connectivity index (χ1) is 6.66. The SMILES string of the molecule is CC1(C)C=NN2C(=C1)C1CCC2CC1. The minimum Gasteiger partial charge on any atom is -0.267 e. The highest BCUT2D eigenvalue weighted by Gasteiger charge is 2.39. The number of allylic oxidation sites excluding steroid dienone is 2. The van der Waals surface area contributed by atoms with Crippen LogP contribution in [0.5, 0.6) is 0 Å². The Hall–Kier alpha value is -0.790. The lowest BCUT2D eigenvalue weighted by Crippen LogP contribution is -2.45. The van der Waals surface area contributed by atoms with E-state index in [2.05, 4.69) is 36.2 Å². The predicted octanol–water partition coefficient (Wildman–Crippen LogP) is 2.77. The van der Waals surface area contributed by atoms with Crippen molar-refractivity contribution >= 4 is 6.21 Å². The number of nitrogens with zero attached hydrogens (tertiary/aromatic N) is 2. The molecule has 0 amide bonds. The molecule has 0 aromatic carbocycles. The summed E-state index contributed by atoms with van der Waals surface area (Å²) in [5.74, 6) is 0.803. The van der Waals surface area contributed by atoms with E-state index in [4.69, 9.17) is 0 Å². The smallest absolute Gasteiger partial charge is 0.0522 e. The maximum Gasteiger partial charge on any atom is 0.0522 e. The van der Waals surface area contributed by atoms with Crippen molar-refractivity contribution < 1.29 is 0 Å². The Morgan fingerprint density at radius 1 is 1.29 bits per heavy atom. The normalized spacial score (nSPS) is 38.1. The minimum absolute atomic E-state index is 0.170. The summed E-state index contributed by atoms with van der Waals surface area (Å²) in [6.07, 6.45) is 9.99. The van der Waals surface area contributed by atoms with E-state index in [0.29, 0.717) is 6.04 Å². The fraction of sp³-hybridized carbons (Fsp3) is 0.750. The minimum atomic E-state index is 0.170. The van der Waals surface area contributed by atoms with Crippen LogP contribution in [0.25, 0.3) is 0 Å². The molecular formula is C12H18N2. The molecule has 3 aliphatic heterocycles. The third kappa shape index (κ3) is 1.13. The van der Waals surface area contributed by atoms with Gasteiger partial charge in [-0.3, -0.25) is 5.01 Å². The summed E-state index contributed by atoms with van der Waals surface area (Å²) in [7, 11) is 0. The van der Waals surface area contributed by atoms with E-state index < -0.39 is 0 Å². The molecule has 2 heteroatoms. The maximum atomic E-state index is 4.63. The van der Waals surface area contributed by atoms with Crippen molar-refractivity contribution in [3.63, 3.8) is 0 Å². The molecule has 3 heterocycles. The lowest BCUT2D eigenvalue weighted by atomic mass is 9.76. The van der Waals surface area contributed by atoms with Crippen LogP contribution in [0.3, 0.4) is 0 Å². The summed E-state index contributed by atoms with van der Waals surface area (Å²) in [4.78, 5) is 0. The zero-order chi connectivity index (χ0) is 9.76. The lowest BCUT2D eigenvalue weighted by molar-refractivity contribution is 0.0987. The van der Waals surface area contributed by atoms with Crippen LogP contribution in [0.2, 0.25) is 0 Å². The van der Waals surface area contributed by atoms with Crippen LogP contribution in [0.4, 0.5) is 0 Å². The van der Waals surface area contributed by atoms with E-state index in [9.17, 15) is 0 Å². The van der Waals surface area contributed by atoms with Crippen LogP contribution in [0, 0.1) is 11.3 Å². The monoisotopic (exact) mass is 190 g/mol. The lowest BCUT2D eigenvalue weighted by Gasteiger charge is -2.48. The van der Waals surface area contributed by atoms with Crippen molar-refractivity contribution in [2.24, 2.45) is 16.4 Å². The van der Waals surface area contributed by atoms with Gasteiger partial charge in [0.15, 0.2) is 0 Å². The Bertz CT molecular complexity index is 306. The topological polar surface area (TPSA) is 15.6 Å². The van der Waals surface area contributed by atoms with Gasteiger partial charge in [-0.25, -0.2) is 0 Å². The van der Waals surface area contributed by atoms with Gasteiger partial charge in [0.1, 0.15) is 0 Å². The summed E-state index contributed by atoms with van der Waals surface area (Å²) in [5, 5.41) is 6.92. The molecule has 4 rings (SSSR count). The van der Waals surface area contributed by atoms with Crippen LogP contribution >= 0.6 is 0 Å². The summed E-state index contributed by atoms with van der Waals surface area (Å²) in [6.45, 7) is 4.48. The quantitative estimate of drug-likeness (QED) is 0.573. The van der Waals surface area contributed by atoms with Crippen LogP contribution in [0.1, 0.15) is 39.5 Å². The van der Waals surface area contributed by atoms with E-state index in [1.807, 2.05) is 0 Å². The molecule has 0 spiro atoms. The number of hydrogen-bond acceptors (Lipinski definition) is 2. The van der Waals surface area contributed by atoms with E-state index in [1.165, 1.54) is 31.4 Å². The Morgan fingerprint density at radius 3 is 2.71 bits per heavy atom. The molecule has 1 aliphatic carbocycles. The predicted molar refractivity (Wildman–Crippen MR) is 57.9 cm³/mol. The molecule has 0 unspecified atom stereocenters. The van der Waals surface area contributed by atoms with Gasteiger partial charge in [0.2, 0.25) is 0 Å². The molecule has 3 fully saturated rings. The highest BCUT2D eigenvalue weighted by molar-refractivity contribution is 5.69. The van der Waals surface area contributed by atoms with Crippen molar-refractivity contribution in [1.82, 2.24) is 5.01 Å². The van der Waals surface area contributed by atoms with Crippen molar-refractivity contribution in [3.8, 4) is 0 Å². The third-order valence-corrected chi connectivity index (χ3v) is 3.76. The second-order valence-corrected chi connectivity index (χ2v) is 5.49. The number of fused-ring (bicyclic) bond motifs is 2. The van der Waals surface area contributed by atoms with Gasteiger partial charge in [0.05, 0.1) is 6.04 Å². The molecular weight excluding hydrogens is 172 g/mol. The Kier molecular flexibility index (Phi) is 1.59. The summed E-state index contributed by atoms with van der Waals surface area (Å²) >= 11 is 0. The maximum absolute atomic E-state index is 4.63. The van der Waals surface area contributed by atoms with Gasteiger partial charge in [-0.15, -0.1) is 0 Å². The number of piperidine rings is 2. The van der Waals surface area contributed by atoms with Crippen molar-refractivity contribution in [2.75, 3.05) is 0 Å². The summed E-state index contributed by atoms with van der Waals surface area (Å²) < 4.78 is 0. The second-order valence-electron chi connectivity index (χ2n) is 5.49. The first-order valence-electron chi connectivity index (χ1n) is 5.73. The Morgan fingerprint density at radius 2 is 2.00 bits per heavy atom. The van der Waals surface area contributed by atoms with Gasteiger partial charge in [0.25, 0.3) is 0 Å². The number of hydrogen-bond donors (Lipinski definition) is 0. The number of rotatable bonds is 0. The zero-order valence-corrected chi connectivity index (χ0v) is 9.03. The van der Waals surface area contributed by atoms with Gasteiger partial charge in [-0.2, -0.15) is 5.10 Å². The average Bonchev–Trinajstić information content (AvgIpc) is 2.17.